The molecule has 1 heterocycles. The van der Waals surface area contributed by atoms with Crippen LogP contribution in [-0.4, -0.2) is 84.2 Å². The van der Waals surface area contributed by atoms with Crippen LogP contribution < -0.4 is 0 Å². The fourth-order valence-electron chi connectivity index (χ4n) is 2.37. The summed E-state index contributed by atoms with van der Waals surface area (Å²) in [5.41, 5.74) is -1.70. The van der Waals surface area contributed by atoms with Crippen molar-refractivity contribution in [3.05, 3.63) is 0 Å². The number of carbonyl (C=O) groups excluding carboxylic acids is 3. The topological polar surface area (TPSA) is 140 Å². The molecule has 0 radical (unpaired) electrons. The van der Waals surface area contributed by atoms with Gasteiger partial charge in [0.05, 0.1) is 6.61 Å². The summed E-state index contributed by atoms with van der Waals surface area (Å²) in [6, 6.07) is 0. The molecule has 0 aliphatic carbocycles. The highest BCUT2D eigenvalue weighted by atomic mass is 16.7. The fraction of sp³-hybridized carbons (Fsp3) is 0.750. The van der Waals surface area contributed by atoms with Gasteiger partial charge in [0, 0.05) is 6.42 Å². The lowest BCUT2D eigenvalue weighted by Crippen LogP contribution is -2.69. The molecule has 0 amide bonds. The third-order valence-electron chi connectivity index (χ3n) is 3.26. The molecule has 5 atom stereocenters. The van der Waals surface area contributed by atoms with E-state index in [2.05, 4.69) is 0 Å². The average Bonchev–Trinajstić information content (AvgIpc) is 2.48. The van der Waals surface area contributed by atoms with E-state index in [1.54, 1.807) is 0 Å². The van der Waals surface area contributed by atoms with Crippen LogP contribution in [0.4, 0.5) is 0 Å². The maximum atomic E-state index is 10.9. The van der Waals surface area contributed by atoms with E-state index in [9.17, 15) is 29.7 Å². The van der Waals surface area contributed by atoms with E-state index in [1.165, 1.54) is 0 Å². The molecule has 3 N–H and O–H groups in total. The van der Waals surface area contributed by atoms with Crippen LogP contribution in [0.1, 0.15) is 6.42 Å². The number of rotatable bonds is 9. The molecule has 9 nitrogen and oxygen atoms in total. The van der Waals surface area contributed by atoms with Gasteiger partial charge in [-0.3, -0.25) is 0 Å². The predicted octanol–water partition coefficient (Wildman–Crippen LogP) is -2.82. The molecule has 0 saturated carbocycles. The first-order valence-electron chi connectivity index (χ1n) is 6.26. The van der Waals surface area contributed by atoms with Gasteiger partial charge in [0.15, 0.2) is 6.29 Å². The largest absolute Gasteiger partial charge is 0.394 e. The summed E-state index contributed by atoms with van der Waals surface area (Å²) >= 11 is 0. The predicted molar refractivity (Wildman–Crippen MR) is 65.2 cm³/mol. The Labute approximate surface area is 120 Å². The lowest BCUT2D eigenvalue weighted by atomic mass is 9.81. The van der Waals surface area contributed by atoms with Gasteiger partial charge in [-0.25, -0.2) is 0 Å². The summed E-state index contributed by atoms with van der Waals surface area (Å²) in [4.78, 5) is 31.9. The van der Waals surface area contributed by atoms with Crippen LogP contribution in [0, 0.1) is 0 Å². The van der Waals surface area contributed by atoms with Gasteiger partial charge in [-0.05, 0) is 0 Å². The van der Waals surface area contributed by atoms with Crippen molar-refractivity contribution in [3.63, 3.8) is 0 Å². The van der Waals surface area contributed by atoms with E-state index in [4.69, 9.17) is 14.2 Å². The molecule has 1 saturated heterocycles. The van der Waals surface area contributed by atoms with Crippen LogP contribution in [0.2, 0.25) is 0 Å². The van der Waals surface area contributed by atoms with Gasteiger partial charge in [-0.1, -0.05) is 0 Å². The average molecular weight is 306 g/mol. The van der Waals surface area contributed by atoms with E-state index >= 15 is 0 Å². The van der Waals surface area contributed by atoms with E-state index in [1.807, 2.05) is 0 Å². The minimum Gasteiger partial charge on any atom is -0.394 e. The maximum Gasteiger partial charge on any atom is 0.184 e. The minimum atomic E-state index is -1.70. The Morgan fingerprint density at radius 3 is 2.29 bits per heavy atom. The smallest absolute Gasteiger partial charge is 0.184 e. The zero-order valence-corrected chi connectivity index (χ0v) is 11.2. The molecule has 0 aromatic carbocycles. The first-order chi connectivity index (χ1) is 10.1. The highest BCUT2D eigenvalue weighted by molar-refractivity contribution is 5.54. The van der Waals surface area contributed by atoms with Gasteiger partial charge in [0.1, 0.15) is 56.0 Å². The second-order valence-corrected chi connectivity index (χ2v) is 4.41. The number of hydrogen-bond donors (Lipinski definition) is 3. The highest BCUT2D eigenvalue weighted by Crippen LogP contribution is 2.36. The molecule has 21 heavy (non-hydrogen) atoms. The summed E-state index contributed by atoms with van der Waals surface area (Å²) in [5, 5.41) is 28.9. The molecule has 1 aliphatic rings. The van der Waals surface area contributed by atoms with Gasteiger partial charge < -0.3 is 43.9 Å². The van der Waals surface area contributed by atoms with Crippen molar-refractivity contribution in [1.82, 2.24) is 0 Å². The number of aliphatic hydroxyl groups excluding tert-OH is 3. The molecule has 1 fully saturated rings. The fourth-order valence-corrected chi connectivity index (χ4v) is 2.37. The molecule has 0 aromatic heterocycles. The second kappa shape index (κ2) is 8.27. The van der Waals surface area contributed by atoms with E-state index < -0.39 is 50.0 Å². The monoisotopic (exact) mass is 306 g/mol. The van der Waals surface area contributed by atoms with Crippen LogP contribution in [0.5, 0.6) is 0 Å². The lowest BCUT2D eigenvalue weighted by Gasteiger charge is -2.50. The van der Waals surface area contributed by atoms with Crippen molar-refractivity contribution in [3.8, 4) is 0 Å². The molecule has 0 bridgehead atoms. The SMILES string of the molecule is O=CCO[C@@H]1[C@@H](O)C(O)O[C@H](CO)[C@@]1(CC=O)OCC=O. The van der Waals surface area contributed by atoms with Gasteiger partial charge >= 0.3 is 0 Å². The molecule has 1 aliphatic heterocycles. The normalized spacial score (nSPS) is 36.1. The zero-order valence-electron chi connectivity index (χ0n) is 11.2. The first-order valence-corrected chi connectivity index (χ1v) is 6.26. The molecular weight excluding hydrogens is 288 g/mol. The molecule has 1 rings (SSSR count). The number of aliphatic hydroxyl groups is 3. The quantitative estimate of drug-likeness (QED) is 0.385. The Hall–Kier alpha value is -1.23. The van der Waals surface area contributed by atoms with Crippen molar-refractivity contribution in [2.24, 2.45) is 0 Å². The summed E-state index contributed by atoms with van der Waals surface area (Å²) < 4.78 is 15.5. The summed E-state index contributed by atoms with van der Waals surface area (Å²) in [6.07, 6.45) is -5.00. The zero-order chi connectivity index (χ0) is 15.9. The van der Waals surface area contributed by atoms with Gasteiger partial charge in [0.2, 0.25) is 0 Å². The number of aldehydes is 3. The van der Waals surface area contributed by atoms with Gasteiger partial charge in [-0.15, -0.1) is 0 Å². The molecule has 9 heteroatoms. The number of ether oxygens (including phenoxy) is 3. The van der Waals surface area contributed by atoms with Gasteiger partial charge in [-0.2, -0.15) is 0 Å². The molecule has 120 valence electrons. The summed E-state index contributed by atoms with van der Waals surface area (Å²) in [5.74, 6) is 0. The van der Waals surface area contributed by atoms with Gasteiger partial charge in [0.25, 0.3) is 0 Å². The number of hydrogen-bond acceptors (Lipinski definition) is 9. The van der Waals surface area contributed by atoms with Crippen molar-refractivity contribution < 1.29 is 43.9 Å². The van der Waals surface area contributed by atoms with Crippen molar-refractivity contribution in [1.29, 1.82) is 0 Å². The Morgan fingerprint density at radius 2 is 1.76 bits per heavy atom. The summed E-state index contributed by atoms with van der Waals surface area (Å²) in [6.45, 7) is -1.54. The van der Waals surface area contributed by atoms with Crippen molar-refractivity contribution >= 4 is 18.9 Å². The molecular formula is C12H18O9. The van der Waals surface area contributed by atoms with Crippen LogP contribution in [-0.2, 0) is 28.6 Å². The standard InChI is InChI=1S/C12H18O9/c13-2-1-12(20-6-4-15)8(7-16)21-11(18)9(17)10(12)19-5-3-14/h2-4,8-11,16-18H,1,5-7H2/t8-,9-,10-,11?,12-/m1/s1. The lowest BCUT2D eigenvalue weighted by molar-refractivity contribution is -0.333. The molecule has 0 spiro atoms. The minimum absolute atomic E-state index is 0.376. The Morgan fingerprint density at radius 1 is 1.10 bits per heavy atom. The third-order valence-corrected chi connectivity index (χ3v) is 3.26. The van der Waals surface area contributed by atoms with Crippen LogP contribution >= 0.6 is 0 Å². The first kappa shape index (κ1) is 17.8. The van der Waals surface area contributed by atoms with E-state index in [-0.39, 0.29) is 6.42 Å². The highest BCUT2D eigenvalue weighted by Gasteiger charge is 2.57. The second-order valence-electron chi connectivity index (χ2n) is 4.41. The Balaban J connectivity index is 3.17. The number of carbonyl (C=O) groups is 3. The summed E-state index contributed by atoms with van der Waals surface area (Å²) in [7, 11) is 0. The molecule has 0 aromatic rings. The Kier molecular flexibility index (Phi) is 7.02. The third kappa shape index (κ3) is 3.70. The molecule has 1 unspecified atom stereocenters. The van der Waals surface area contributed by atoms with Crippen LogP contribution in [0.3, 0.4) is 0 Å². The maximum absolute atomic E-state index is 10.9. The van der Waals surface area contributed by atoms with E-state index in [0.717, 1.165) is 0 Å². The van der Waals surface area contributed by atoms with Crippen molar-refractivity contribution in [2.75, 3.05) is 19.8 Å². The van der Waals surface area contributed by atoms with Crippen molar-refractivity contribution in [2.45, 2.75) is 36.6 Å². The van der Waals surface area contributed by atoms with E-state index in [0.29, 0.717) is 18.9 Å². The Bertz CT molecular complexity index is 361. The van der Waals surface area contributed by atoms with Crippen LogP contribution in [0.15, 0.2) is 0 Å². The van der Waals surface area contributed by atoms with Crippen LogP contribution in [0.25, 0.3) is 0 Å².